The fourth-order valence-corrected chi connectivity index (χ4v) is 3.39. The second-order valence-electron chi connectivity index (χ2n) is 6.55. The second-order valence-corrected chi connectivity index (χ2v) is 6.55. The highest BCUT2D eigenvalue weighted by atomic mass is 16.2. The third-order valence-electron chi connectivity index (χ3n) is 4.72. The summed E-state index contributed by atoms with van der Waals surface area (Å²) in [5, 5.41) is 8.48. The zero-order valence-electron chi connectivity index (χ0n) is 14.6. The molecule has 0 unspecified atom stereocenters. The average Bonchev–Trinajstić information content (AvgIpc) is 3.11. The molecule has 2 atom stereocenters. The Balaban J connectivity index is 1.59. The minimum absolute atomic E-state index is 0.00355. The van der Waals surface area contributed by atoms with E-state index in [4.69, 9.17) is 5.73 Å². The van der Waals surface area contributed by atoms with Gasteiger partial charge in [0.2, 0.25) is 5.91 Å². The van der Waals surface area contributed by atoms with Crippen LogP contribution in [0.2, 0.25) is 0 Å². The number of nitrogens with one attached hydrogen (secondary N) is 3. The molecule has 0 aliphatic heterocycles. The van der Waals surface area contributed by atoms with Crippen molar-refractivity contribution >= 4 is 29.0 Å². The van der Waals surface area contributed by atoms with Crippen molar-refractivity contribution in [2.45, 2.75) is 19.3 Å². The molecule has 1 aliphatic carbocycles. The maximum atomic E-state index is 12.5. The van der Waals surface area contributed by atoms with Crippen LogP contribution in [-0.4, -0.2) is 18.5 Å². The molecule has 136 valence electrons. The molecule has 3 amide bonds. The Morgan fingerprint density at radius 1 is 0.885 bits per heavy atom. The van der Waals surface area contributed by atoms with Gasteiger partial charge < -0.3 is 21.7 Å². The highest BCUT2D eigenvalue weighted by molar-refractivity contribution is 6.00. The molecule has 3 rings (SSSR count). The first-order chi connectivity index (χ1) is 12.7. The molecule has 6 heteroatoms. The molecule has 0 heterocycles. The van der Waals surface area contributed by atoms with E-state index in [0.29, 0.717) is 23.6 Å². The van der Waals surface area contributed by atoms with Crippen LogP contribution < -0.4 is 21.7 Å². The van der Waals surface area contributed by atoms with Crippen molar-refractivity contribution in [3.05, 3.63) is 54.6 Å². The van der Waals surface area contributed by atoms with Gasteiger partial charge in [0.1, 0.15) is 0 Å². The minimum Gasteiger partial charge on any atom is -0.330 e. The summed E-state index contributed by atoms with van der Waals surface area (Å²) in [5.41, 5.74) is 7.75. The predicted octanol–water partition coefficient (Wildman–Crippen LogP) is 3.64. The van der Waals surface area contributed by atoms with Crippen molar-refractivity contribution in [2.75, 3.05) is 22.5 Å². The van der Waals surface area contributed by atoms with Crippen molar-refractivity contribution < 1.29 is 9.59 Å². The Morgan fingerprint density at radius 2 is 1.54 bits per heavy atom. The Hall–Kier alpha value is -2.86. The van der Waals surface area contributed by atoms with Crippen LogP contribution in [0.15, 0.2) is 54.6 Å². The Labute approximate surface area is 153 Å². The van der Waals surface area contributed by atoms with Crippen LogP contribution in [0.25, 0.3) is 0 Å². The molecule has 1 fully saturated rings. The van der Waals surface area contributed by atoms with Crippen molar-refractivity contribution in [2.24, 2.45) is 17.6 Å². The quantitative estimate of drug-likeness (QED) is 0.661. The lowest BCUT2D eigenvalue weighted by atomic mass is 9.95. The first-order valence-corrected chi connectivity index (χ1v) is 8.90. The molecule has 26 heavy (non-hydrogen) atoms. The molecule has 2 aromatic carbocycles. The molecule has 0 aromatic heterocycles. The number of anilines is 3. The van der Waals surface area contributed by atoms with E-state index in [1.807, 2.05) is 36.4 Å². The number of carbonyl (C=O) groups is 2. The molecule has 0 saturated heterocycles. The lowest BCUT2D eigenvalue weighted by Crippen LogP contribution is -2.29. The average molecular weight is 352 g/mol. The van der Waals surface area contributed by atoms with E-state index in [0.717, 1.165) is 19.3 Å². The van der Waals surface area contributed by atoms with Crippen molar-refractivity contribution in [3.63, 3.8) is 0 Å². The number of hydrogen-bond acceptors (Lipinski definition) is 3. The van der Waals surface area contributed by atoms with Gasteiger partial charge in [-0.15, -0.1) is 0 Å². The first-order valence-electron chi connectivity index (χ1n) is 8.90. The SMILES string of the molecule is NC[C@H]1CCC[C@H]1C(=O)Nc1cccc(NC(=O)Nc2ccccc2)c1. The summed E-state index contributed by atoms with van der Waals surface area (Å²) in [4.78, 5) is 24.6. The summed E-state index contributed by atoms with van der Waals surface area (Å²) in [5.74, 6) is 0.231. The van der Waals surface area contributed by atoms with Crippen LogP contribution in [0.5, 0.6) is 0 Å². The summed E-state index contributed by atoms with van der Waals surface area (Å²) in [6.07, 6.45) is 2.93. The van der Waals surface area contributed by atoms with Crippen LogP contribution in [0.1, 0.15) is 19.3 Å². The maximum absolute atomic E-state index is 12.5. The first kappa shape index (κ1) is 17.9. The molecule has 1 aliphatic rings. The highest BCUT2D eigenvalue weighted by Crippen LogP contribution is 2.32. The number of para-hydroxylation sites is 1. The van der Waals surface area contributed by atoms with E-state index < -0.39 is 0 Å². The Bertz CT molecular complexity index is 763. The van der Waals surface area contributed by atoms with Gasteiger partial charge in [-0.3, -0.25) is 4.79 Å². The normalized spacial score (nSPS) is 19.0. The number of rotatable bonds is 5. The Kier molecular flexibility index (Phi) is 5.86. The number of benzene rings is 2. The van der Waals surface area contributed by atoms with Crippen LogP contribution in [0, 0.1) is 11.8 Å². The zero-order chi connectivity index (χ0) is 18.4. The van der Waals surface area contributed by atoms with Gasteiger partial charge in [0.25, 0.3) is 0 Å². The summed E-state index contributed by atoms with van der Waals surface area (Å²) in [6.45, 7) is 0.541. The van der Waals surface area contributed by atoms with Gasteiger partial charge in [0.05, 0.1) is 0 Å². The summed E-state index contributed by atoms with van der Waals surface area (Å²) < 4.78 is 0. The maximum Gasteiger partial charge on any atom is 0.323 e. The summed E-state index contributed by atoms with van der Waals surface area (Å²) in [6, 6.07) is 16.0. The van der Waals surface area contributed by atoms with E-state index in [1.54, 1.807) is 18.2 Å². The number of carbonyl (C=O) groups excluding carboxylic acids is 2. The van der Waals surface area contributed by atoms with Crippen LogP contribution in [0.3, 0.4) is 0 Å². The fourth-order valence-electron chi connectivity index (χ4n) is 3.39. The monoisotopic (exact) mass is 352 g/mol. The molecule has 0 bridgehead atoms. The predicted molar refractivity (Wildman–Crippen MR) is 104 cm³/mol. The van der Waals surface area contributed by atoms with Crippen LogP contribution in [-0.2, 0) is 4.79 Å². The minimum atomic E-state index is -0.335. The molecule has 2 aromatic rings. The number of nitrogens with two attached hydrogens (primary N) is 1. The molecule has 0 radical (unpaired) electrons. The third-order valence-corrected chi connectivity index (χ3v) is 4.72. The van der Waals surface area contributed by atoms with Crippen molar-refractivity contribution in [1.29, 1.82) is 0 Å². The lowest BCUT2D eigenvalue weighted by molar-refractivity contribution is -0.120. The molecule has 6 nitrogen and oxygen atoms in total. The zero-order valence-corrected chi connectivity index (χ0v) is 14.6. The largest absolute Gasteiger partial charge is 0.330 e. The van der Waals surface area contributed by atoms with Crippen molar-refractivity contribution in [3.8, 4) is 0 Å². The highest BCUT2D eigenvalue weighted by Gasteiger charge is 2.31. The van der Waals surface area contributed by atoms with Crippen LogP contribution >= 0.6 is 0 Å². The smallest absolute Gasteiger partial charge is 0.323 e. The van der Waals surface area contributed by atoms with Gasteiger partial charge in [-0.25, -0.2) is 4.79 Å². The fraction of sp³-hybridized carbons (Fsp3) is 0.300. The van der Waals surface area contributed by atoms with Gasteiger partial charge in [0.15, 0.2) is 0 Å². The standard InChI is InChI=1S/C20H24N4O2/c21-13-14-6-4-11-18(14)19(25)22-16-9-5-10-17(12-16)24-20(26)23-15-7-2-1-3-8-15/h1-3,5,7-10,12,14,18H,4,6,11,13,21H2,(H,22,25)(H2,23,24,26)/t14-,18-/m1/s1. The Morgan fingerprint density at radius 3 is 2.27 bits per heavy atom. The lowest BCUT2D eigenvalue weighted by Gasteiger charge is -2.17. The van der Waals surface area contributed by atoms with E-state index >= 15 is 0 Å². The summed E-state index contributed by atoms with van der Waals surface area (Å²) in [7, 11) is 0. The molecule has 0 spiro atoms. The number of amides is 3. The molecule has 1 saturated carbocycles. The second kappa shape index (κ2) is 8.49. The number of urea groups is 1. The van der Waals surface area contributed by atoms with E-state index in [-0.39, 0.29) is 23.8 Å². The summed E-state index contributed by atoms with van der Waals surface area (Å²) >= 11 is 0. The molecule has 5 N–H and O–H groups in total. The van der Waals surface area contributed by atoms with Crippen molar-refractivity contribution in [1.82, 2.24) is 0 Å². The van der Waals surface area contributed by atoms with Gasteiger partial charge in [-0.2, -0.15) is 0 Å². The molecular weight excluding hydrogens is 328 g/mol. The van der Waals surface area contributed by atoms with Gasteiger partial charge in [0, 0.05) is 23.0 Å². The van der Waals surface area contributed by atoms with E-state index in [9.17, 15) is 9.59 Å². The third kappa shape index (κ3) is 4.61. The van der Waals surface area contributed by atoms with Crippen LogP contribution in [0.4, 0.5) is 21.9 Å². The van der Waals surface area contributed by atoms with E-state index in [1.165, 1.54) is 0 Å². The van der Waals surface area contributed by atoms with Gasteiger partial charge in [-0.1, -0.05) is 30.7 Å². The van der Waals surface area contributed by atoms with E-state index in [2.05, 4.69) is 16.0 Å². The topological polar surface area (TPSA) is 96.2 Å². The number of hydrogen-bond donors (Lipinski definition) is 4. The molecular formula is C20H24N4O2. The van der Waals surface area contributed by atoms with Gasteiger partial charge >= 0.3 is 6.03 Å². The van der Waals surface area contributed by atoms with Gasteiger partial charge in [-0.05, 0) is 55.6 Å².